The summed E-state index contributed by atoms with van der Waals surface area (Å²) in [6, 6.07) is 10.9. The van der Waals surface area contributed by atoms with Gasteiger partial charge in [0.2, 0.25) is 0 Å². The summed E-state index contributed by atoms with van der Waals surface area (Å²) in [7, 11) is 0. The molecule has 3 nitrogen and oxygen atoms in total. The molecule has 2 aromatic rings. The lowest BCUT2D eigenvalue weighted by Gasteiger charge is -2.12. The Bertz CT molecular complexity index is 505. The number of aryl methyl sites for hydroxylation is 2. The maximum absolute atomic E-state index is 5.90. The van der Waals surface area contributed by atoms with Crippen LogP contribution >= 0.6 is 11.6 Å². The smallest absolute Gasteiger partial charge is 0.148 e. The van der Waals surface area contributed by atoms with Gasteiger partial charge in [0.1, 0.15) is 11.6 Å². The van der Waals surface area contributed by atoms with E-state index in [0.29, 0.717) is 11.9 Å². The molecule has 0 unspecified atom stereocenters. The third kappa shape index (κ3) is 3.57. The van der Waals surface area contributed by atoms with Crippen LogP contribution in [0.3, 0.4) is 0 Å². The summed E-state index contributed by atoms with van der Waals surface area (Å²) in [5.41, 5.74) is 1.37. The van der Waals surface area contributed by atoms with Crippen LogP contribution in [0.4, 0.5) is 0 Å². The van der Waals surface area contributed by atoms with Gasteiger partial charge in [-0.15, -0.1) is 21.8 Å². The molecule has 0 atom stereocenters. The number of nitrogens with zero attached hydrogens (tertiary/aromatic N) is 3. The van der Waals surface area contributed by atoms with Gasteiger partial charge >= 0.3 is 0 Å². The highest BCUT2D eigenvalue weighted by atomic mass is 35.5. The third-order valence-corrected chi connectivity index (χ3v) is 3.42. The van der Waals surface area contributed by atoms with Crippen molar-refractivity contribution in [1.82, 2.24) is 14.8 Å². The fourth-order valence-electron chi connectivity index (χ4n) is 2.31. The second-order valence-electron chi connectivity index (χ2n) is 4.97. The van der Waals surface area contributed by atoms with Crippen molar-refractivity contribution in [3.05, 3.63) is 47.5 Å². The molecule has 0 saturated heterocycles. The fourth-order valence-corrected chi connectivity index (χ4v) is 2.50. The monoisotopic (exact) mass is 277 g/mol. The first-order chi connectivity index (χ1) is 9.22. The fraction of sp³-hybridized carbons (Fsp3) is 0.467. The number of hydrogen-bond donors (Lipinski definition) is 0. The Morgan fingerprint density at radius 2 is 1.74 bits per heavy atom. The molecular formula is C15H20ClN3. The number of rotatable bonds is 6. The Hall–Kier alpha value is -1.35. The van der Waals surface area contributed by atoms with Crippen molar-refractivity contribution in [2.45, 2.75) is 45.0 Å². The van der Waals surface area contributed by atoms with Crippen LogP contribution in [0.15, 0.2) is 30.3 Å². The Labute approximate surface area is 119 Å². The summed E-state index contributed by atoms with van der Waals surface area (Å²) in [6.45, 7) is 4.28. The first-order valence-corrected chi connectivity index (χ1v) is 7.28. The number of alkyl halides is 1. The van der Waals surface area contributed by atoms with E-state index in [9.17, 15) is 0 Å². The van der Waals surface area contributed by atoms with Gasteiger partial charge in [-0.2, -0.15) is 0 Å². The normalized spacial score (nSPS) is 11.2. The Morgan fingerprint density at radius 1 is 1.05 bits per heavy atom. The lowest BCUT2D eigenvalue weighted by Crippen LogP contribution is -2.09. The van der Waals surface area contributed by atoms with Gasteiger partial charge in [0, 0.05) is 12.5 Å². The molecule has 0 radical (unpaired) electrons. The first kappa shape index (κ1) is 14.1. The highest BCUT2D eigenvalue weighted by Gasteiger charge is 2.13. The number of hydrogen-bond acceptors (Lipinski definition) is 2. The molecule has 0 spiro atoms. The Morgan fingerprint density at radius 3 is 2.37 bits per heavy atom. The highest BCUT2D eigenvalue weighted by Crippen LogP contribution is 2.15. The van der Waals surface area contributed by atoms with E-state index in [1.807, 2.05) is 6.07 Å². The van der Waals surface area contributed by atoms with E-state index in [4.69, 9.17) is 11.6 Å². The lowest BCUT2D eigenvalue weighted by molar-refractivity contribution is 0.545. The minimum atomic E-state index is 0.357. The molecule has 0 N–H and O–H groups in total. The minimum absolute atomic E-state index is 0.357. The van der Waals surface area contributed by atoms with Crippen molar-refractivity contribution in [3.63, 3.8) is 0 Å². The van der Waals surface area contributed by atoms with Gasteiger partial charge in [0.15, 0.2) is 0 Å². The van der Waals surface area contributed by atoms with Crippen molar-refractivity contribution in [3.8, 4) is 0 Å². The maximum atomic E-state index is 5.90. The SMILES string of the molecule is CC(C)n1c(CCl)nnc1CCCc1ccccc1. The van der Waals surface area contributed by atoms with Crippen LogP contribution in [0, 0.1) is 0 Å². The zero-order chi connectivity index (χ0) is 13.7. The molecule has 0 fully saturated rings. The van der Waals surface area contributed by atoms with Crippen LogP contribution in [0.25, 0.3) is 0 Å². The summed E-state index contributed by atoms with van der Waals surface area (Å²) >= 11 is 5.90. The first-order valence-electron chi connectivity index (χ1n) is 6.75. The molecule has 4 heteroatoms. The molecule has 2 rings (SSSR count). The predicted molar refractivity (Wildman–Crippen MR) is 78.4 cm³/mol. The van der Waals surface area contributed by atoms with Gasteiger partial charge in [-0.25, -0.2) is 0 Å². The molecule has 1 heterocycles. The number of halogens is 1. The van der Waals surface area contributed by atoms with E-state index < -0.39 is 0 Å². The van der Waals surface area contributed by atoms with E-state index in [-0.39, 0.29) is 0 Å². The standard InChI is InChI=1S/C15H20ClN3/c1-12(2)19-14(17-18-15(19)11-16)10-6-9-13-7-4-3-5-8-13/h3-5,7-8,12H,6,9-11H2,1-2H3. The zero-order valence-corrected chi connectivity index (χ0v) is 12.3. The van der Waals surface area contributed by atoms with Crippen molar-refractivity contribution in [2.75, 3.05) is 0 Å². The summed E-state index contributed by atoms with van der Waals surface area (Å²) in [5.74, 6) is 2.33. The lowest BCUT2D eigenvalue weighted by atomic mass is 10.1. The quantitative estimate of drug-likeness (QED) is 0.753. The number of aromatic nitrogens is 3. The predicted octanol–water partition coefficient (Wildman–Crippen LogP) is 3.77. The summed E-state index contributed by atoms with van der Waals surface area (Å²) in [4.78, 5) is 0. The van der Waals surface area contributed by atoms with Gasteiger partial charge in [0.05, 0.1) is 5.88 Å². The summed E-state index contributed by atoms with van der Waals surface area (Å²) in [6.07, 6.45) is 3.09. The van der Waals surface area contributed by atoms with Crippen LogP contribution in [0.2, 0.25) is 0 Å². The van der Waals surface area contributed by atoms with Crippen LogP contribution < -0.4 is 0 Å². The van der Waals surface area contributed by atoms with Gasteiger partial charge in [-0.1, -0.05) is 30.3 Å². The molecule has 0 aliphatic carbocycles. The van der Waals surface area contributed by atoms with E-state index in [0.717, 1.165) is 30.9 Å². The van der Waals surface area contributed by atoms with Crippen LogP contribution in [0.5, 0.6) is 0 Å². The van der Waals surface area contributed by atoms with Gasteiger partial charge in [0.25, 0.3) is 0 Å². The summed E-state index contributed by atoms with van der Waals surface area (Å²) in [5, 5.41) is 8.43. The van der Waals surface area contributed by atoms with Crippen LogP contribution in [-0.2, 0) is 18.7 Å². The van der Waals surface area contributed by atoms with Crippen LogP contribution in [0.1, 0.15) is 43.5 Å². The van der Waals surface area contributed by atoms with Crippen molar-refractivity contribution in [2.24, 2.45) is 0 Å². The largest absolute Gasteiger partial charge is 0.311 e. The molecular weight excluding hydrogens is 258 g/mol. The second-order valence-corrected chi connectivity index (χ2v) is 5.24. The van der Waals surface area contributed by atoms with E-state index in [1.54, 1.807) is 0 Å². The van der Waals surface area contributed by atoms with E-state index >= 15 is 0 Å². The van der Waals surface area contributed by atoms with E-state index in [2.05, 4.69) is 52.9 Å². The Balaban J connectivity index is 1.98. The molecule has 0 saturated carbocycles. The molecule has 0 bridgehead atoms. The van der Waals surface area contributed by atoms with Crippen LogP contribution in [-0.4, -0.2) is 14.8 Å². The molecule has 1 aromatic heterocycles. The van der Waals surface area contributed by atoms with Gasteiger partial charge in [-0.05, 0) is 32.3 Å². The maximum Gasteiger partial charge on any atom is 0.148 e. The highest BCUT2D eigenvalue weighted by molar-refractivity contribution is 6.16. The van der Waals surface area contributed by atoms with Crippen molar-refractivity contribution >= 4 is 11.6 Å². The average molecular weight is 278 g/mol. The van der Waals surface area contributed by atoms with Gasteiger partial charge in [-0.3, -0.25) is 0 Å². The van der Waals surface area contributed by atoms with Gasteiger partial charge < -0.3 is 4.57 Å². The molecule has 1 aromatic carbocycles. The molecule has 0 aliphatic rings. The van der Waals surface area contributed by atoms with Crippen molar-refractivity contribution < 1.29 is 0 Å². The Kier molecular flexibility index (Phi) is 4.97. The van der Waals surface area contributed by atoms with Crippen molar-refractivity contribution in [1.29, 1.82) is 0 Å². The second kappa shape index (κ2) is 6.71. The minimum Gasteiger partial charge on any atom is -0.311 e. The number of benzene rings is 1. The topological polar surface area (TPSA) is 30.7 Å². The molecule has 0 amide bonds. The summed E-state index contributed by atoms with van der Waals surface area (Å²) < 4.78 is 2.15. The average Bonchev–Trinajstić information content (AvgIpc) is 2.83. The third-order valence-electron chi connectivity index (χ3n) is 3.18. The van der Waals surface area contributed by atoms with E-state index in [1.165, 1.54) is 5.56 Å². The molecule has 0 aliphatic heterocycles. The zero-order valence-electron chi connectivity index (χ0n) is 11.5. The molecule has 102 valence electrons. The molecule has 19 heavy (non-hydrogen) atoms.